The van der Waals surface area contributed by atoms with Crippen LogP contribution in [0.5, 0.6) is 0 Å². The molecule has 0 aliphatic carbocycles. The van der Waals surface area contributed by atoms with Gasteiger partial charge in [-0.15, -0.1) is 11.8 Å². The minimum Gasteiger partial charge on any atom is -0.461 e. The lowest BCUT2D eigenvalue weighted by Gasteiger charge is -2.32. The van der Waals surface area contributed by atoms with E-state index in [1.54, 1.807) is 29.2 Å². The van der Waals surface area contributed by atoms with E-state index in [-0.39, 0.29) is 30.9 Å². The zero-order chi connectivity index (χ0) is 24.1. The summed E-state index contributed by atoms with van der Waals surface area (Å²) in [5.41, 5.74) is 2.33. The molecule has 2 aromatic carbocycles. The largest absolute Gasteiger partial charge is 0.461 e. The maximum atomic E-state index is 13.0. The van der Waals surface area contributed by atoms with Gasteiger partial charge >= 0.3 is 12.1 Å². The standard InChI is InChI=1S/C25H27N3O5S/c1-34-22(26)18-7-9-20(10-8-18)28-15-21(33-25(28)31)23(29)27-13-11-19(12-14-27)24(30)32-16-17-5-3-2-4-6-17/h2-10,19,21,26H,11-16H2,1H3. The number of amides is 2. The molecule has 2 fully saturated rings. The lowest BCUT2D eigenvalue weighted by Crippen LogP contribution is -2.46. The van der Waals surface area contributed by atoms with Crippen LogP contribution in [0, 0.1) is 11.3 Å². The number of anilines is 1. The van der Waals surface area contributed by atoms with Crippen LogP contribution in [0.4, 0.5) is 10.5 Å². The number of cyclic esters (lactones) is 1. The number of piperidine rings is 1. The van der Waals surface area contributed by atoms with Crippen molar-refractivity contribution in [2.45, 2.75) is 25.6 Å². The van der Waals surface area contributed by atoms with Gasteiger partial charge in [0, 0.05) is 24.3 Å². The summed E-state index contributed by atoms with van der Waals surface area (Å²) in [6.45, 7) is 1.22. The molecule has 178 valence electrons. The topological polar surface area (TPSA) is 100 Å². The van der Waals surface area contributed by atoms with Crippen LogP contribution in [0.15, 0.2) is 54.6 Å². The van der Waals surface area contributed by atoms with Gasteiger partial charge in [0.05, 0.1) is 17.5 Å². The van der Waals surface area contributed by atoms with Crippen LogP contribution in [0.25, 0.3) is 0 Å². The average Bonchev–Trinajstić information content (AvgIpc) is 3.28. The second kappa shape index (κ2) is 10.7. The highest BCUT2D eigenvalue weighted by Gasteiger charge is 2.40. The molecule has 9 heteroatoms. The van der Waals surface area contributed by atoms with Gasteiger partial charge in [0.2, 0.25) is 0 Å². The molecular weight excluding hydrogens is 454 g/mol. The smallest absolute Gasteiger partial charge is 0.415 e. The van der Waals surface area contributed by atoms with E-state index in [2.05, 4.69) is 0 Å². The highest BCUT2D eigenvalue weighted by molar-refractivity contribution is 8.13. The van der Waals surface area contributed by atoms with Gasteiger partial charge < -0.3 is 14.4 Å². The molecule has 0 radical (unpaired) electrons. The van der Waals surface area contributed by atoms with E-state index < -0.39 is 12.2 Å². The predicted octanol–water partition coefficient (Wildman–Crippen LogP) is 3.68. The first kappa shape index (κ1) is 23.8. The van der Waals surface area contributed by atoms with Crippen LogP contribution in [0.2, 0.25) is 0 Å². The van der Waals surface area contributed by atoms with Gasteiger partial charge in [-0.05, 0) is 36.8 Å². The van der Waals surface area contributed by atoms with Gasteiger partial charge in [0.1, 0.15) is 6.61 Å². The Labute approximate surface area is 202 Å². The lowest BCUT2D eigenvalue weighted by atomic mass is 9.96. The molecule has 1 N–H and O–H groups in total. The van der Waals surface area contributed by atoms with Crippen LogP contribution in [0.3, 0.4) is 0 Å². The van der Waals surface area contributed by atoms with E-state index in [1.807, 2.05) is 36.6 Å². The number of hydrogen-bond acceptors (Lipinski definition) is 7. The van der Waals surface area contributed by atoms with Crippen LogP contribution >= 0.6 is 11.8 Å². The zero-order valence-electron chi connectivity index (χ0n) is 18.9. The molecule has 2 aliphatic rings. The molecule has 2 aliphatic heterocycles. The fourth-order valence-corrected chi connectivity index (χ4v) is 4.47. The molecule has 2 amide bonds. The van der Waals surface area contributed by atoms with Gasteiger partial charge in [-0.25, -0.2) is 4.79 Å². The summed E-state index contributed by atoms with van der Waals surface area (Å²) in [5.74, 6) is -0.728. The highest BCUT2D eigenvalue weighted by atomic mass is 32.2. The number of nitrogens with zero attached hydrogens (tertiary/aromatic N) is 2. The third kappa shape index (κ3) is 5.41. The van der Waals surface area contributed by atoms with Crippen molar-refractivity contribution in [1.29, 1.82) is 5.41 Å². The average molecular weight is 482 g/mol. The number of thioether (sulfide) groups is 1. The zero-order valence-corrected chi connectivity index (χ0v) is 19.8. The molecule has 2 aromatic rings. The van der Waals surface area contributed by atoms with Crippen molar-refractivity contribution < 1.29 is 23.9 Å². The summed E-state index contributed by atoms with van der Waals surface area (Å²) < 4.78 is 10.8. The number of ether oxygens (including phenoxy) is 2. The summed E-state index contributed by atoms with van der Waals surface area (Å²) in [6, 6.07) is 16.6. The third-order valence-electron chi connectivity index (χ3n) is 6.10. The van der Waals surface area contributed by atoms with Crippen molar-refractivity contribution in [1.82, 2.24) is 4.90 Å². The van der Waals surface area contributed by atoms with Crippen LogP contribution < -0.4 is 4.90 Å². The van der Waals surface area contributed by atoms with E-state index in [0.29, 0.717) is 36.7 Å². The van der Waals surface area contributed by atoms with E-state index >= 15 is 0 Å². The summed E-state index contributed by atoms with van der Waals surface area (Å²) >= 11 is 1.34. The number of rotatable bonds is 6. The van der Waals surface area contributed by atoms with E-state index in [1.165, 1.54) is 16.7 Å². The highest BCUT2D eigenvalue weighted by Crippen LogP contribution is 2.26. The van der Waals surface area contributed by atoms with Crippen molar-refractivity contribution in [2.75, 3.05) is 30.8 Å². The van der Waals surface area contributed by atoms with E-state index in [0.717, 1.165) is 11.1 Å². The van der Waals surface area contributed by atoms with Crippen LogP contribution in [0.1, 0.15) is 24.0 Å². The van der Waals surface area contributed by atoms with Crippen molar-refractivity contribution >= 4 is 40.5 Å². The van der Waals surface area contributed by atoms with Crippen molar-refractivity contribution in [3.63, 3.8) is 0 Å². The number of likely N-dealkylation sites (tertiary alicyclic amines) is 1. The lowest BCUT2D eigenvalue weighted by molar-refractivity contribution is -0.153. The number of carbonyl (C=O) groups is 3. The molecule has 0 bridgehead atoms. The minimum absolute atomic E-state index is 0.135. The molecule has 2 heterocycles. The molecule has 8 nitrogen and oxygen atoms in total. The molecule has 34 heavy (non-hydrogen) atoms. The first-order valence-corrected chi connectivity index (χ1v) is 12.4. The summed E-state index contributed by atoms with van der Waals surface area (Å²) in [5, 5.41) is 8.32. The Morgan fingerprint density at radius 2 is 1.76 bits per heavy atom. The fourth-order valence-electron chi connectivity index (χ4n) is 4.10. The van der Waals surface area contributed by atoms with Crippen molar-refractivity contribution in [3.05, 3.63) is 65.7 Å². The molecule has 4 rings (SSSR count). The second-order valence-electron chi connectivity index (χ2n) is 8.26. The summed E-state index contributed by atoms with van der Waals surface area (Å²) in [6.07, 6.45) is 1.43. The molecule has 0 saturated carbocycles. The molecular formula is C25H27N3O5S. The van der Waals surface area contributed by atoms with Crippen molar-refractivity contribution in [2.24, 2.45) is 5.92 Å². The summed E-state index contributed by atoms with van der Waals surface area (Å²) in [7, 11) is 0. The Hall–Kier alpha value is -3.33. The monoisotopic (exact) mass is 481 g/mol. The van der Waals surface area contributed by atoms with E-state index in [4.69, 9.17) is 14.9 Å². The van der Waals surface area contributed by atoms with Crippen molar-refractivity contribution in [3.8, 4) is 0 Å². The first-order chi connectivity index (χ1) is 16.5. The first-order valence-electron chi connectivity index (χ1n) is 11.2. The van der Waals surface area contributed by atoms with Gasteiger partial charge in [-0.2, -0.15) is 0 Å². The molecule has 1 atom stereocenters. The number of benzene rings is 2. The van der Waals surface area contributed by atoms with E-state index in [9.17, 15) is 14.4 Å². The predicted molar refractivity (Wildman–Crippen MR) is 130 cm³/mol. The number of nitrogens with one attached hydrogen (secondary N) is 1. The quantitative estimate of drug-likeness (QED) is 0.384. The Kier molecular flexibility index (Phi) is 7.52. The maximum Gasteiger partial charge on any atom is 0.415 e. The maximum absolute atomic E-state index is 13.0. The Morgan fingerprint density at radius 1 is 1.09 bits per heavy atom. The third-order valence-corrected chi connectivity index (χ3v) is 6.74. The molecule has 2 saturated heterocycles. The Balaban J connectivity index is 1.27. The van der Waals surface area contributed by atoms with Gasteiger partial charge in [-0.1, -0.05) is 42.5 Å². The SMILES string of the molecule is CSC(=N)c1ccc(N2CC(C(=O)N3CCC(C(=O)OCc4ccccc4)CC3)OC2=O)cc1. The van der Waals surface area contributed by atoms with Gasteiger partial charge in [0.15, 0.2) is 6.10 Å². The van der Waals surface area contributed by atoms with Gasteiger partial charge in [0.25, 0.3) is 5.91 Å². The number of carbonyl (C=O) groups excluding carboxylic acids is 3. The Bertz CT molecular complexity index is 1050. The van der Waals surface area contributed by atoms with Gasteiger partial charge in [-0.3, -0.25) is 19.9 Å². The van der Waals surface area contributed by atoms with Crippen LogP contribution in [-0.4, -0.2) is 59.9 Å². The normalized spacial score (nSPS) is 18.5. The number of esters is 1. The second-order valence-corrected chi connectivity index (χ2v) is 9.07. The summed E-state index contributed by atoms with van der Waals surface area (Å²) in [4.78, 5) is 40.9. The minimum atomic E-state index is -0.877. The molecule has 0 spiro atoms. The number of hydrogen-bond donors (Lipinski definition) is 1. The molecule has 1 unspecified atom stereocenters. The molecule has 0 aromatic heterocycles. The Morgan fingerprint density at radius 3 is 2.41 bits per heavy atom. The van der Waals surface area contributed by atoms with Crippen LogP contribution in [-0.2, 0) is 25.7 Å². The fraction of sp³-hybridized carbons (Fsp3) is 0.360.